The summed E-state index contributed by atoms with van der Waals surface area (Å²) in [5, 5.41) is 8.78. The maximum atomic E-state index is 12.8. The van der Waals surface area contributed by atoms with Crippen molar-refractivity contribution in [3.05, 3.63) is 54.1 Å². The third-order valence-corrected chi connectivity index (χ3v) is 2.36. The Bertz CT molecular complexity index is 537. The van der Waals surface area contributed by atoms with Gasteiger partial charge in [0.2, 0.25) is 0 Å². The van der Waals surface area contributed by atoms with Gasteiger partial charge in [-0.1, -0.05) is 18.2 Å². The summed E-state index contributed by atoms with van der Waals surface area (Å²) in [7, 11) is 0. The molecule has 17 heavy (non-hydrogen) atoms. The third kappa shape index (κ3) is 2.66. The number of nitrogens with zero attached hydrogens (tertiary/aromatic N) is 1. The fourth-order valence-corrected chi connectivity index (χ4v) is 1.61. The highest BCUT2D eigenvalue weighted by Gasteiger charge is 2.09. The Hall–Kier alpha value is -2.23. The second-order valence-corrected chi connectivity index (χ2v) is 3.58. The minimum absolute atomic E-state index is 0.145. The topological polar surface area (TPSA) is 50.2 Å². The quantitative estimate of drug-likeness (QED) is 0.883. The number of carbonyl (C=O) groups is 1. The van der Waals surface area contributed by atoms with E-state index in [1.54, 1.807) is 30.5 Å². The lowest BCUT2D eigenvalue weighted by Gasteiger charge is -2.06. The molecule has 1 heterocycles. The fraction of sp³-hybridized carbons (Fsp3) is 0.0769. The minimum Gasteiger partial charge on any atom is -0.481 e. The summed E-state index contributed by atoms with van der Waals surface area (Å²) in [6, 6.07) is 9.40. The number of rotatable bonds is 3. The van der Waals surface area contributed by atoms with Gasteiger partial charge in [0.25, 0.3) is 0 Å². The van der Waals surface area contributed by atoms with Crippen LogP contribution in [0.1, 0.15) is 5.69 Å². The van der Waals surface area contributed by atoms with Crippen molar-refractivity contribution in [1.82, 2.24) is 4.98 Å². The molecule has 0 radical (unpaired) electrons. The summed E-state index contributed by atoms with van der Waals surface area (Å²) in [5.74, 6) is -1.26. The van der Waals surface area contributed by atoms with E-state index >= 15 is 0 Å². The Morgan fingerprint density at radius 1 is 1.24 bits per heavy atom. The largest absolute Gasteiger partial charge is 0.481 e. The highest BCUT2D eigenvalue weighted by molar-refractivity contribution is 5.75. The van der Waals surface area contributed by atoms with Crippen LogP contribution in [0.15, 0.2) is 42.6 Å². The molecule has 3 nitrogen and oxygen atoms in total. The van der Waals surface area contributed by atoms with Crippen LogP contribution in [0.25, 0.3) is 11.1 Å². The van der Waals surface area contributed by atoms with Crippen molar-refractivity contribution in [1.29, 1.82) is 0 Å². The van der Waals surface area contributed by atoms with Crippen molar-refractivity contribution < 1.29 is 14.3 Å². The molecule has 0 saturated carbocycles. The van der Waals surface area contributed by atoms with Crippen LogP contribution in [0.4, 0.5) is 4.39 Å². The van der Waals surface area contributed by atoms with E-state index in [-0.39, 0.29) is 12.2 Å². The van der Waals surface area contributed by atoms with E-state index in [1.165, 1.54) is 12.1 Å². The molecule has 0 aliphatic heterocycles. The first-order chi connectivity index (χ1) is 8.16. The van der Waals surface area contributed by atoms with Gasteiger partial charge in [0.15, 0.2) is 0 Å². The first-order valence-corrected chi connectivity index (χ1v) is 5.08. The number of hydrogen-bond donors (Lipinski definition) is 1. The predicted molar refractivity (Wildman–Crippen MR) is 61.0 cm³/mol. The van der Waals surface area contributed by atoms with E-state index in [2.05, 4.69) is 4.98 Å². The van der Waals surface area contributed by atoms with Gasteiger partial charge in [0, 0.05) is 11.8 Å². The molecule has 0 saturated heterocycles. The predicted octanol–water partition coefficient (Wildman–Crippen LogP) is 2.51. The molecule has 0 unspecified atom stereocenters. The lowest BCUT2D eigenvalue weighted by atomic mass is 10.0. The Morgan fingerprint density at radius 2 is 1.94 bits per heavy atom. The average Bonchev–Trinajstić information content (AvgIpc) is 2.30. The van der Waals surface area contributed by atoms with Crippen molar-refractivity contribution >= 4 is 5.97 Å². The molecule has 0 aliphatic carbocycles. The summed E-state index contributed by atoms with van der Waals surface area (Å²) in [5.41, 5.74) is 1.96. The molecule has 1 aromatic heterocycles. The van der Waals surface area contributed by atoms with Gasteiger partial charge in [-0.05, 0) is 23.8 Å². The van der Waals surface area contributed by atoms with Gasteiger partial charge in [-0.15, -0.1) is 0 Å². The minimum atomic E-state index is -0.938. The highest BCUT2D eigenvalue weighted by atomic mass is 19.1. The fourth-order valence-electron chi connectivity index (χ4n) is 1.61. The van der Waals surface area contributed by atoms with Crippen LogP contribution in [-0.2, 0) is 11.2 Å². The summed E-state index contributed by atoms with van der Waals surface area (Å²) < 4.78 is 12.8. The summed E-state index contributed by atoms with van der Waals surface area (Å²) in [4.78, 5) is 14.7. The molecule has 2 aromatic rings. The second kappa shape index (κ2) is 4.74. The lowest BCUT2D eigenvalue weighted by Crippen LogP contribution is -2.03. The number of hydrogen-bond acceptors (Lipinski definition) is 2. The molecule has 0 amide bonds. The Labute approximate surface area is 97.6 Å². The van der Waals surface area contributed by atoms with E-state index in [1.807, 2.05) is 0 Å². The number of aliphatic carboxylic acids is 1. The Morgan fingerprint density at radius 3 is 2.59 bits per heavy atom. The van der Waals surface area contributed by atoms with E-state index in [9.17, 15) is 9.18 Å². The van der Waals surface area contributed by atoms with E-state index in [0.29, 0.717) is 5.69 Å². The van der Waals surface area contributed by atoms with Crippen LogP contribution in [0.5, 0.6) is 0 Å². The smallest absolute Gasteiger partial charge is 0.309 e. The maximum absolute atomic E-state index is 12.8. The molecule has 0 aliphatic rings. The van der Waals surface area contributed by atoms with Crippen LogP contribution in [0.3, 0.4) is 0 Å². The van der Waals surface area contributed by atoms with Gasteiger partial charge in [0.1, 0.15) is 5.82 Å². The zero-order valence-electron chi connectivity index (χ0n) is 8.93. The first kappa shape index (κ1) is 11.3. The molecular weight excluding hydrogens is 221 g/mol. The monoisotopic (exact) mass is 231 g/mol. The number of carboxylic acids is 1. The number of benzene rings is 1. The van der Waals surface area contributed by atoms with Gasteiger partial charge < -0.3 is 5.11 Å². The SMILES string of the molecule is O=C(O)Cc1ncccc1-c1ccc(F)cc1. The zero-order chi connectivity index (χ0) is 12.3. The molecule has 86 valence electrons. The van der Waals surface area contributed by atoms with Gasteiger partial charge in [-0.25, -0.2) is 4.39 Å². The van der Waals surface area contributed by atoms with Crippen LogP contribution in [-0.4, -0.2) is 16.1 Å². The third-order valence-electron chi connectivity index (χ3n) is 2.36. The van der Waals surface area contributed by atoms with Crippen molar-refractivity contribution in [2.24, 2.45) is 0 Å². The number of pyridine rings is 1. The van der Waals surface area contributed by atoms with Crippen LogP contribution in [0, 0.1) is 5.82 Å². The summed E-state index contributed by atoms with van der Waals surface area (Å²) in [6.45, 7) is 0. The lowest BCUT2D eigenvalue weighted by molar-refractivity contribution is -0.136. The normalized spacial score (nSPS) is 10.2. The highest BCUT2D eigenvalue weighted by Crippen LogP contribution is 2.22. The van der Waals surface area contributed by atoms with E-state index in [0.717, 1.165) is 11.1 Å². The molecule has 4 heteroatoms. The van der Waals surface area contributed by atoms with E-state index in [4.69, 9.17) is 5.11 Å². The Balaban J connectivity index is 2.44. The maximum Gasteiger partial charge on any atom is 0.309 e. The van der Waals surface area contributed by atoms with Crippen molar-refractivity contribution in [2.45, 2.75) is 6.42 Å². The first-order valence-electron chi connectivity index (χ1n) is 5.08. The van der Waals surface area contributed by atoms with Gasteiger partial charge in [-0.2, -0.15) is 0 Å². The molecule has 1 aromatic carbocycles. The Kier molecular flexibility index (Phi) is 3.14. The molecule has 0 spiro atoms. The van der Waals surface area contributed by atoms with Crippen molar-refractivity contribution in [2.75, 3.05) is 0 Å². The van der Waals surface area contributed by atoms with Gasteiger partial charge >= 0.3 is 5.97 Å². The van der Waals surface area contributed by atoms with E-state index < -0.39 is 5.97 Å². The summed E-state index contributed by atoms with van der Waals surface area (Å²) >= 11 is 0. The molecule has 0 bridgehead atoms. The molecule has 1 N–H and O–H groups in total. The molecule has 0 atom stereocenters. The zero-order valence-corrected chi connectivity index (χ0v) is 8.93. The number of halogens is 1. The molecule has 0 fully saturated rings. The average molecular weight is 231 g/mol. The van der Waals surface area contributed by atoms with Crippen LogP contribution < -0.4 is 0 Å². The number of carboxylic acid groups (broad SMARTS) is 1. The van der Waals surface area contributed by atoms with Crippen LogP contribution >= 0.6 is 0 Å². The summed E-state index contributed by atoms with van der Waals surface area (Å²) in [6.07, 6.45) is 1.40. The molecular formula is C13H10FNO2. The second-order valence-electron chi connectivity index (χ2n) is 3.58. The molecule has 2 rings (SSSR count). The van der Waals surface area contributed by atoms with Crippen LogP contribution in [0.2, 0.25) is 0 Å². The standard InChI is InChI=1S/C13H10FNO2/c14-10-5-3-9(4-6-10)11-2-1-7-15-12(11)8-13(16)17/h1-7H,8H2,(H,16,17). The van der Waals surface area contributed by atoms with Crippen molar-refractivity contribution in [3.63, 3.8) is 0 Å². The number of aromatic nitrogens is 1. The van der Waals surface area contributed by atoms with Gasteiger partial charge in [0.05, 0.1) is 12.1 Å². The van der Waals surface area contributed by atoms with Crippen molar-refractivity contribution in [3.8, 4) is 11.1 Å². The van der Waals surface area contributed by atoms with Gasteiger partial charge in [-0.3, -0.25) is 9.78 Å².